The van der Waals surface area contributed by atoms with Gasteiger partial charge in [-0.2, -0.15) is 22.5 Å². The number of hydrogen-bond donors (Lipinski definition) is 0. The monoisotopic (exact) mass is 598 g/mol. The van der Waals surface area contributed by atoms with Gasteiger partial charge in [-0.15, -0.1) is 0 Å². The first kappa shape index (κ1) is 27.5. The summed E-state index contributed by atoms with van der Waals surface area (Å²) in [5, 5.41) is -0.331. The molecule has 0 aliphatic carbocycles. The number of rotatable bonds is 4. The first-order valence-corrected chi connectivity index (χ1v) is 13.8. The average molecular weight is 599 g/mol. The fourth-order valence-corrected chi connectivity index (χ4v) is 6.44. The molecule has 0 N–H and O–H groups in total. The van der Waals surface area contributed by atoms with Crippen molar-refractivity contribution in [1.29, 1.82) is 0 Å². The minimum absolute atomic E-state index is 0.0147. The van der Waals surface area contributed by atoms with E-state index in [9.17, 15) is 26.4 Å². The molecule has 3 heterocycles. The second-order valence-corrected chi connectivity index (χ2v) is 11.4. The molecule has 0 spiro atoms. The third kappa shape index (κ3) is 5.39. The number of amidine groups is 1. The summed E-state index contributed by atoms with van der Waals surface area (Å²) in [7, 11) is -4.01. The molecule has 1 fully saturated rings. The Morgan fingerprint density at radius 2 is 1.74 bits per heavy atom. The summed E-state index contributed by atoms with van der Waals surface area (Å²) >= 11 is 12.4. The largest absolute Gasteiger partial charge is 0.417 e. The van der Waals surface area contributed by atoms with Gasteiger partial charge in [-0.25, -0.2) is 13.4 Å². The van der Waals surface area contributed by atoms with Crippen molar-refractivity contribution in [2.45, 2.75) is 17.6 Å². The molecular weight excluding hydrogens is 580 g/mol. The number of alkyl halides is 3. The molecule has 0 unspecified atom stereocenters. The lowest BCUT2D eigenvalue weighted by atomic mass is 10.1. The molecule has 39 heavy (non-hydrogen) atoms. The number of hydrogen-bond acceptors (Lipinski definition) is 5. The standard InChI is InChI=1S/C25H19Cl2F3N4O4S/c26-19-6-5-15(11-21(19)39(36,37)33-7-9-38-10-8-33)24(35)32-22-18-4-2-1-3-16(18)14-34(22)23-20(27)12-17(13-31-23)25(28,29)30/h1-6,11-13H,7-10,14H2. The van der Waals surface area contributed by atoms with Gasteiger partial charge in [0.1, 0.15) is 10.7 Å². The molecule has 0 radical (unpaired) electrons. The Morgan fingerprint density at radius 3 is 2.44 bits per heavy atom. The van der Waals surface area contributed by atoms with E-state index in [0.717, 1.165) is 17.7 Å². The van der Waals surface area contributed by atoms with Gasteiger partial charge < -0.3 is 9.64 Å². The Morgan fingerprint density at radius 1 is 1.03 bits per heavy atom. The maximum absolute atomic E-state index is 13.3. The topological polar surface area (TPSA) is 92.2 Å². The molecule has 14 heteroatoms. The Balaban J connectivity index is 1.54. The number of anilines is 1. The van der Waals surface area contributed by atoms with Crippen LogP contribution in [0, 0.1) is 0 Å². The number of morpholine rings is 1. The molecule has 1 aromatic heterocycles. The Kier molecular flexibility index (Phi) is 7.42. The maximum atomic E-state index is 13.3. The number of ether oxygens (including phenoxy) is 1. The van der Waals surface area contributed by atoms with Gasteiger partial charge in [0.25, 0.3) is 5.91 Å². The number of fused-ring (bicyclic) bond motifs is 1. The predicted molar refractivity (Wildman–Crippen MR) is 139 cm³/mol. The summed E-state index contributed by atoms with van der Waals surface area (Å²) in [6.45, 7) is 0.910. The molecule has 2 aliphatic heterocycles. The zero-order valence-electron chi connectivity index (χ0n) is 20.0. The van der Waals surface area contributed by atoms with Crippen LogP contribution in [-0.2, 0) is 27.5 Å². The van der Waals surface area contributed by atoms with E-state index in [-0.39, 0.29) is 65.0 Å². The number of sulfonamides is 1. The fourth-order valence-electron chi connectivity index (χ4n) is 4.27. The van der Waals surface area contributed by atoms with E-state index < -0.39 is 27.7 Å². The molecule has 0 atom stereocenters. The number of nitrogens with zero attached hydrogens (tertiary/aromatic N) is 4. The first-order chi connectivity index (χ1) is 18.5. The van der Waals surface area contributed by atoms with E-state index in [1.165, 1.54) is 21.3 Å². The zero-order chi connectivity index (χ0) is 27.9. The number of halogens is 5. The van der Waals surface area contributed by atoms with Crippen molar-refractivity contribution in [2.75, 3.05) is 31.2 Å². The molecule has 8 nitrogen and oxygen atoms in total. The lowest BCUT2D eigenvalue weighted by molar-refractivity contribution is -0.137. The highest BCUT2D eigenvalue weighted by molar-refractivity contribution is 7.89. The van der Waals surface area contributed by atoms with Crippen LogP contribution in [0.5, 0.6) is 0 Å². The van der Waals surface area contributed by atoms with Crippen LogP contribution in [0.2, 0.25) is 10.0 Å². The van der Waals surface area contributed by atoms with Gasteiger partial charge in [-0.3, -0.25) is 4.79 Å². The van der Waals surface area contributed by atoms with E-state index in [1.54, 1.807) is 24.3 Å². The Bertz CT molecular complexity index is 1590. The van der Waals surface area contributed by atoms with Gasteiger partial charge in [-0.1, -0.05) is 47.5 Å². The van der Waals surface area contributed by atoms with Crippen molar-refractivity contribution in [1.82, 2.24) is 9.29 Å². The minimum atomic E-state index is -4.64. The van der Waals surface area contributed by atoms with E-state index in [0.29, 0.717) is 11.8 Å². The van der Waals surface area contributed by atoms with Crippen LogP contribution in [0.25, 0.3) is 0 Å². The van der Waals surface area contributed by atoms with Crippen molar-refractivity contribution in [3.63, 3.8) is 0 Å². The summed E-state index contributed by atoms with van der Waals surface area (Å²) < 4.78 is 72.3. The smallest absolute Gasteiger partial charge is 0.379 e. The molecule has 5 rings (SSSR count). The quantitative estimate of drug-likeness (QED) is 0.418. The predicted octanol–water partition coefficient (Wildman–Crippen LogP) is 5.04. The molecular formula is C25H19Cl2F3N4O4S. The summed E-state index contributed by atoms with van der Waals surface area (Å²) in [4.78, 5) is 22.7. The summed E-state index contributed by atoms with van der Waals surface area (Å²) in [6.07, 6.45) is -3.98. The highest BCUT2D eigenvalue weighted by atomic mass is 35.5. The van der Waals surface area contributed by atoms with Gasteiger partial charge in [-0.05, 0) is 29.8 Å². The van der Waals surface area contributed by atoms with Crippen LogP contribution < -0.4 is 4.90 Å². The zero-order valence-corrected chi connectivity index (χ0v) is 22.3. The molecule has 2 aromatic carbocycles. The lowest BCUT2D eigenvalue weighted by Gasteiger charge is -2.26. The number of aliphatic imine (C=N–C) groups is 1. The number of aromatic nitrogens is 1. The van der Waals surface area contributed by atoms with E-state index in [1.807, 2.05) is 0 Å². The molecule has 204 valence electrons. The van der Waals surface area contributed by atoms with Gasteiger partial charge in [0.15, 0.2) is 5.82 Å². The van der Waals surface area contributed by atoms with E-state index >= 15 is 0 Å². The summed E-state index contributed by atoms with van der Waals surface area (Å²) in [5.74, 6) is -0.693. The second-order valence-electron chi connectivity index (χ2n) is 8.67. The highest BCUT2D eigenvalue weighted by Gasteiger charge is 2.35. The van der Waals surface area contributed by atoms with Crippen LogP contribution >= 0.6 is 23.2 Å². The molecule has 1 saturated heterocycles. The van der Waals surface area contributed by atoms with Crippen LogP contribution in [0.4, 0.5) is 19.0 Å². The summed E-state index contributed by atoms with van der Waals surface area (Å²) in [5.41, 5.74) is 0.236. The maximum Gasteiger partial charge on any atom is 0.417 e. The Hall–Kier alpha value is -3.03. The van der Waals surface area contributed by atoms with Crippen molar-refractivity contribution >= 4 is 50.8 Å². The van der Waals surface area contributed by atoms with Gasteiger partial charge in [0, 0.05) is 30.4 Å². The van der Waals surface area contributed by atoms with Gasteiger partial charge >= 0.3 is 6.18 Å². The third-order valence-electron chi connectivity index (χ3n) is 6.22. The van der Waals surface area contributed by atoms with Crippen LogP contribution in [0.15, 0.2) is 64.6 Å². The van der Waals surface area contributed by atoms with Gasteiger partial charge in [0.2, 0.25) is 10.0 Å². The van der Waals surface area contributed by atoms with E-state index in [2.05, 4.69) is 9.98 Å². The molecule has 1 amide bonds. The first-order valence-electron chi connectivity index (χ1n) is 11.6. The number of carbonyl (C=O) groups is 1. The average Bonchev–Trinajstić information content (AvgIpc) is 3.26. The van der Waals surface area contributed by atoms with Crippen LogP contribution in [0.1, 0.15) is 27.0 Å². The minimum Gasteiger partial charge on any atom is -0.379 e. The van der Waals surface area contributed by atoms with Gasteiger partial charge in [0.05, 0.1) is 35.4 Å². The van der Waals surface area contributed by atoms with Crippen molar-refractivity contribution in [2.24, 2.45) is 4.99 Å². The Labute approximate surface area is 231 Å². The van der Waals surface area contributed by atoms with Crippen molar-refractivity contribution in [3.05, 3.63) is 87.0 Å². The van der Waals surface area contributed by atoms with Crippen molar-refractivity contribution in [3.8, 4) is 0 Å². The fraction of sp³-hybridized carbons (Fsp3) is 0.240. The van der Waals surface area contributed by atoms with Crippen LogP contribution in [0.3, 0.4) is 0 Å². The number of benzene rings is 2. The molecule has 2 aliphatic rings. The second kappa shape index (κ2) is 10.5. The van der Waals surface area contributed by atoms with E-state index in [4.69, 9.17) is 27.9 Å². The molecule has 0 saturated carbocycles. The summed E-state index contributed by atoms with van der Waals surface area (Å²) in [6, 6.07) is 11.5. The highest BCUT2D eigenvalue weighted by Crippen LogP contribution is 2.37. The lowest BCUT2D eigenvalue weighted by Crippen LogP contribution is -2.40. The van der Waals surface area contributed by atoms with Crippen LogP contribution in [-0.4, -0.2) is 55.8 Å². The molecule has 0 bridgehead atoms. The van der Waals surface area contributed by atoms with Crippen molar-refractivity contribution < 1.29 is 31.1 Å². The number of pyridine rings is 1. The molecule has 3 aromatic rings. The number of carbonyl (C=O) groups excluding carboxylic acids is 1. The third-order valence-corrected chi connectivity index (χ3v) is 8.88. The SMILES string of the molecule is O=C(N=C1c2ccccc2CN1c1ncc(C(F)(F)F)cc1Cl)c1ccc(Cl)c(S(=O)(=O)N2CCOCC2)c1. The normalized spacial score (nSPS) is 17.5. The number of amides is 1.